The average molecular weight is 264 g/mol. The molecule has 0 radical (unpaired) electrons. The van der Waals surface area contributed by atoms with E-state index in [-0.39, 0.29) is 0 Å². The summed E-state index contributed by atoms with van der Waals surface area (Å²) < 4.78 is 2.13. The molecular weight excluding hydrogens is 248 g/mol. The highest BCUT2D eigenvalue weighted by Crippen LogP contribution is 2.26. The predicted octanol–water partition coefficient (Wildman–Crippen LogP) is 3.30. The number of aryl methyl sites for hydroxylation is 1. The van der Waals surface area contributed by atoms with Gasteiger partial charge in [0.15, 0.2) is 0 Å². The third kappa shape index (κ3) is 2.03. The number of hydrogen-bond donors (Lipinski definition) is 1. The van der Waals surface area contributed by atoms with Gasteiger partial charge < -0.3 is 5.32 Å². The minimum atomic E-state index is 0.595. The quantitative estimate of drug-likeness (QED) is 0.789. The van der Waals surface area contributed by atoms with E-state index in [0.717, 1.165) is 28.2 Å². The Kier molecular flexibility index (Phi) is 2.49. The molecule has 0 atom stereocenters. The van der Waals surface area contributed by atoms with E-state index in [1.54, 1.807) is 0 Å². The number of imidazole rings is 1. The zero-order valence-electron chi connectivity index (χ0n) is 11.4. The van der Waals surface area contributed by atoms with Crippen LogP contribution in [0.4, 0.5) is 5.95 Å². The van der Waals surface area contributed by atoms with Crippen LogP contribution in [0.5, 0.6) is 0 Å². The van der Waals surface area contributed by atoms with Gasteiger partial charge in [-0.1, -0.05) is 6.07 Å². The van der Waals surface area contributed by atoms with Gasteiger partial charge in [0.2, 0.25) is 5.95 Å². The topological polar surface area (TPSA) is 42.7 Å². The largest absolute Gasteiger partial charge is 0.353 e. The number of nitrogens with one attached hydrogen (secondary N) is 1. The summed E-state index contributed by atoms with van der Waals surface area (Å²) in [4.78, 5) is 8.94. The summed E-state index contributed by atoms with van der Waals surface area (Å²) in [5, 5.41) is 4.64. The average Bonchev–Trinajstić information content (AvgIpc) is 3.20. The molecule has 1 N–H and O–H groups in total. The number of aromatic nitrogens is 3. The van der Waals surface area contributed by atoms with Gasteiger partial charge in [0.05, 0.1) is 11.2 Å². The Hall–Kier alpha value is -2.36. The lowest BCUT2D eigenvalue weighted by Crippen LogP contribution is -2.07. The molecule has 0 unspecified atom stereocenters. The molecule has 1 aromatic carbocycles. The Bertz CT molecular complexity index is 771. The summed E-state index contributed by atoms with van der Waals surface area (Å²) in [5.74, 6) is 0.938. The maximum absolute atomic E-state index is 4.58. The Labute approximate surface area is 117 Å². The Balaban J connectivity index is 1.81. The summed E-state index contributed by atoms with van der Waals surface area (Å²) in [6, 6.07) is 11.0. The molecule has 3 aromatic rings. The van der Waals surface area contributed by atoms with Crippen molar-refractivity contribution >= 4 is 16.9 Å². The van der Waals surface area contributed by atoms with Crippen molar-refractivity contribution in [2.45, 2.75) is 25.8 Å². The Morgan fingerprint density at radius 2 is 2.15 bits per heavy atom. The monoisotopic (exact) mass is 264 g/mol. The number of anilines is 1. The molecule has 0 amide bonds. The SMILES string of the molecule is Cc1cn(-c2ccc3ncccc3c2)c(NC2CC2)n1. The summed E-state index contributed by atoms with van der Waals surface area (Å²) in [7, 11) is 0. The van der Waals surface area contributed by atoms with Gasteiger partial charge in [-0.2, -0.15) is 0 Å². The molecule has 1 aliphatic rings. The van der Waals surface area contributed by atoms with Crippen LogP contribution < -0.4 is 5.32 Å². The first-order chi connectivity index (χ1) is 9.79. The fourth-order valence-corrected chi connectivity index (χ4v) is 2.42. The van der Waals surface area contributed by atoms with Gasteiger partial charge in [0, 0.05) is 29.5 Å². The normalized spacial score (nSPS) is 14.7. The van der Waals surface area contributed by atoms with Crippen molar-refractivity contribution in [3.8, 4) is 5.69 Å². The van der Waals surface area contributed by atoms with Crippen LogP contribution in [0.1, 0.15) is 18.5 Å². The molecule has 0 bridgehead atoms. The van der Waals surface area contributed by atoms with E-state index in [0.29, 0.717) is 6.04 Å². The van der Waals surface area contributed by atoms with Crippen molar-refractivity contribution in [2.75, 3.05) is 5.32 Å². The summed E-state index contributed by atoms with van der Waals surface area (Å²) in [6.07, 6.45) is 6.38. The number of nitrogens with zero attached hydrogens (tertiary/aromatic N) is 3. The highest BCUT2D eigenvalue weighted by atomic mass is 15.2. The third-order valence-corrected chi connectivity index (χ3v) is 3.60. The maximum Gasteiger partial charge on any atom is 0.207 e. The Morgan fingerprint density at radius 3 is 3.00 bits per heavy atom. The fraction of sp³-hybridized carbons (Fsp3) is 0.250. The van der Waals surface area contributed by atoms with Crippen molar-refractivity contribution in [3.05, 3.63) is 48.4 Å². The number of pyridine rings is 1. The lowest BCUT2D eigenvalue weighted by Gasteiger charge is -2.09. The highest BCUT2D eigenvalue weighted by Gasteiger charge is 2.23. The molecule has 1 aliphatic carbocycles. The van der Waals surface area contributed by atoms with E-state index in [1.165, 1.54) is 12.8 Å². The van der Waals surface area contributed by atoms with Crippen LogP contribution in [0.25, 0.3) is 16.6 Å². The van der Waals surface area contributed by atoms with Crippen LogP contribution in [-0.2, 0) is 0 Å². The summed E-state index contributed by atoms with van der Waals surface area (Å²) >= 11 is 0. The van der Waals surface area contributed by atoms with E-state index < -0.39 is 0 Å². The van der Waals surface area contributed by atoms with Crippen molar-refractivity contribution in [1.82, 2.24) is 14.5 Å². The second-order valence-electron chi connectivity index (χ2n) is 5.37. The van der Waals surface area contributed by atoms with Gasteiger partial charge in [-0.25, -0.2) is 4.98 Å². The van der Waals surface area contributed by atoms with Crippen molar-refractivity contribution in [3.63, 3.8) is 0 Å². The molecule has 1 saturated carbocycles. The van der Waals surface area contributed by atoms with Gasteiger partial charge >= 0.3 is 0 Å². The smallest absolute Gasteiger partial charge is 0.207 e. The highest BCUT2D eigenvalue weighted by molar-refractivity contribution is 5.80. The third-order valence-electron chi connectivity index (χ3n) is 3.60. The zero-order chi connectivity index (χ0) is 13.5. The zero-order valence-corrected chi connectivity index (χ0v) is 11.4. The van der Waals surface area contributed by atoms with E-state index in [1.807, 2.05) is 19.2 Å². The number of fused-ring (bicyclic) bond motifs is 1. The number of hydrogen-bond acceptors (Lipinski definition) is 3. The van der Waals surface area contributed by atoms with E-state index in [2.05, 4.69) is 50.3 Å². The van der Waals surface area contributed by atoms with E-state index in [4.69, 9.17) is 0 Å². The molecule has 4 heteroatoms. The maximum atomic E-state index is 4.58. The van der Waals surface area contributed by atoms with Crippen LogP contribution >= 0.6 is 0 Å². The molecule has 4 rings (SSSR count). The van der Waals surface area contributed by atoms with E-state index in [9.17, 15) is 0 Å². The van der Waals surface area contributed by atoms with Crippen LogP contribution in [-0.4, -0.2) is 20.6 Å². The van der Waals surface area contributed by atoms with Crippen LogP contribution in [0.3, 0.4) is 0 Å². The van der Waals surface area contributed by atoms with E-state index >= 15 is 0 Å². The molecule has 0 aliphatic heterocycles. The molecule has 2 aromatic heterocycles. The molecule has 0 saturated heterocycles. The molecular formula is C16H16N4. The van der Waals surface area contributed by atoms with Gasteiger partial charge in [-0.3, -0.25) is 9.55 Å². The Morgan fingerprint density at radius 1 is 1.25 bits per heavy atom. The lowest BCUT2D eigenvalue weighted by atomic mass is 10.2. The standard InChI is InChI=1S/C16H16N4/c1-11-10-20(16(18-11)19-13-4-5-13)14-6-7-15-12(9-14)3-2-8-17-15/h2-3,6-10,13H,4-5H2,1H3,(H,18,19). The first-order valence-corrected chi connectivity index (χ1v) is 6.97. The molecule has 4 nitrogen and oxygen atoms in total. The predicted molar refractivity (Wildman–Crippen MR) is 80.2 cm³/mol. The summed E-state index contributed by atoms with van der Waals surface area (Å²) in [6.45, 7) is 2.02. The minimum absolute atomic E-state index is 0.595. The minimum Gasteiger partial charge on any atom is -0.353 e. The van der Waals surface area contributed by atoms with Crippen molar-refractivity contribution in [2.24, 2.45) is 0 Å². The van der Waals surface area contributed by atoms with Gasteiger partial charge in [-0.05, 0) is 44.0 Å². The number of rotatable bonds is 3. The second-order valence-corrected chi connectivity index (χ2v) is 5.37. The van der Waals surface area contributed by atoms with Gasteiger partial charge in [0.1, 0.15) is 0 Å². The van der Waals surface area contributed by atoms with Crippen LogP contribution in [0, 0.1) is 6.92 Å². The van der Waals surface area contributed by atoms with Crippen LogP contribution in [0.15, 0.2) is 42.7 Å². The second kappa shape index (κ2) is 4.34. The molecule has 100 valence electrons. The molecule has 0 spiro atoms. The lowest BCUT2D eigenvalue weighted by molar-refractivity contribution is 1.00. The first kappa shape index (κ1) is 11.5. The summed E-state index contributed by atoms with van der Waals surface area (Å²) in [5.41, 5.74) is 3.17. The number of benzene rings is 1. The van der Waals surface area contributed by atoms with Gasteiger partial charge in [0.25, 0.3) is 0 Å². The molecule has 20 heavy (non-hydrogen) atoms. The fourth-order valence-electron chi connectivity index (χ4n) is 2.42. The molecule has 1 fully saturated rings. The first-order valence-electron chi connectivity index (χ1n) is 6.97. The van der Waals surface area contributed by atoms with Crippen LogP contribution in [0.2, 0.25) is 0 Å². The molecule has 2 heterocycles. The van der Waals surface area contributed by atoms with Gasteiger partial charge in [-0.15, -0.1) is 0 Å². The van der Waals surface area contributed by atoms with Crippen molar-refractivity contribution in [1.29, 1.82) is 0 Å². The van der Waals surface area contributed by atoms with Crippen molar-refractivity contribution < 1.29 is 0 Å².